The van der Waals surface area contributed by atoms with Crippen LogP contribution in [0, 0.1) is 5.92 Å². The van der Waals surface area contributed by atoms with Crippen LogP contribution in [0.25, 0.3) is 0 Å². The lowest BCUT2D eigenvalue weighted by atomic mass is 9.86. The van der Waals surface area contributed by atoms with Gasteiger partial charge >= 0.3 is 5.97 Å². The third-order valence-corrected chi connectivity index (χ3v) is 5.37. The molecule has 1 saturated carbocycles. The van der Waals surface area contributed by atoms with Gasteiger partial charge in [-0.1, -0.05) is 32.1 Å². The van der Waals surface area contributed by atoms with Crippen molar-refractivity contribution in [3.8, 4) is 0 Å². The van der Waals surface area contributed by atoms with Crippen LogP contribution >= 0.6 is 0 Å². The number of carboxylic acid groups (broad SMARTS) is 1. The Morgan fingerprint density at radius 1 is 1.24 bits per heavy atom. The number of aliphatic carboxylic acids is 1. The van der Waals surface area contributed by atoms with Gasteiger partial charge in [0.15, 0.2) is 0 Å². The van der Waals surface area contributed by atoms with E-state index >= 15 is 0 Å². The number of carbonyl (C=O) groups is 1. The van der Waals surface area contributed by atoms with Gasteiger partial charge in [0.1, 0.15) is 11.7 Å². The number of aromatic nitrogens is 2. The van der Waals surface area contributed by atoms with Crippen LogP contribution in [0.4, 0.5) is 0 Å². The molecule has 4 nitrogen and oxygen atoms in total. The van der Waals surface area contributed by atoms with Crippen LogP contribution in [0.5, 0.6) is 0 Å². The first kappa shape index (κ1) is 14.6. The molecule has 1 aromatic heterocycles. The van der Waals surface area contributed by atoms with Crippen molar-refractivity contribution >= 4 is 5.97 Å². The molecule has 1 aromatic rings. The van der Waals surface area contributed by atoms with E-state index in [-0.39, 0.29) is 5.92 Å². The topological polar surface area (TPSA) is 55.1 Å². The fraction of sp³-hybridized carbons (Fsp3) is 0.765. The molecule has 2 aliphatic rings. The van der Waals surface area contributed by atoms with E-state index in [4.69, 9.17) is 4.98 Å². The Labute approximate surface area is 126 Å². The summed E-state index contributed by atoms with van der Waals surface area (Å²) in [6, 6.07) is 0. The summed E-state index contributed by atoms with van der Waals surface area (Å²) >= 11 is 0. The zero-order valence-corrected chi connectivity index (χ0v) is 13.0. The Kier molecular flexibility index (Phi) is 4.32. The fourth-order valence-electron chi connectivity index (χ4n) is 4.06. The number of hydrogen-bond donors (Lipinski definition) is 1. The Morgan fingerprint density at radius 2 is 2.00 bits per heavy atom. The van der Waals surface area contributed by atoms with Gasteiger partial charge in [-0.2, -0.15) is 0 Å². The van der Waals surface area contributed by atoms with Gasteiger partial charge in [0, 0.05) is 19.2 Å². The lowest BCUT2D eigenvalue weighted by Crippen LogP contribution is -2.18. The molecular formula is C17H26N2O2. The molecule has 0 amide bonds. The largest absolute Gasteiger partial charge is 0.481 e. The van der Waals surface area contributed by atoms with E-state index in [1.807, 2.05) is 0 Å². The van der Waals surface area contributed by atoms with E-state index in [0.29, 0.717) is 0 Å². The van der Waals surface area contributed by atoms with E-state index < -0.39 is 5.97 Å². The molecule has 21 heavy (non-hydrogen) atoms. The molecule has 1 unspecified atom stereocenters. The first-order chi connectivity index (χ1) is 10.2. The Balaban J connectivity index is 1.73. The highest BCUT2D eigenvalue weighted by atomic mass is 16.4. The highest BCUT2D eigenvalue weighted by Crippen LogP contribution is 2.33. The Morgan fingerprint density at radius 3 is 2.71 bits per heavy atom. The molecule has 0 spiro atoms. The van der Waals surface area contributed by atoms with Crippen molar-refractivity contribution in [3.05, 3.63) is 17.2 Å². The average molecular weight is 290 g/mol. The zero-order valence-electron chi connectivity index (χ0n) is 13.0. The average Bonchev–Trinajstić information content (AvgIpc) is 2.83. The molecule has 0 saturated heterocycles. The van der Waals surface area contributed by atoms with Crippen molar-refractivity contribution in [3.63, 3.8) is 0 Å². The highest BCUT2D eigenvalue weighted by molar-refractivity contribution is 5.76. The highest BCUT2D eigenvalue weighted by Gasteiger charge is 2.31. The molecule has 0 radical (unpaired) electrons. The van der Waals surface area contributed by atoms with Crippen LogP contribution < -0.4 is 0 Å². The summed E-state index contributed by atoms with van der Waals surface area (Å²) in [7, 11) is 2.06. The molecule has 0 bridgehead atoms. The summed E-state index contributed by atoms with van der Waals surface area (Å²) in [5.74, 6) is 0.845. The second-order valence-electron chi connectivity index (χ2n) is 6.74. The predicted octanol–water partition coefficient (Wildman–Crippen LogP) is 3.44. The van der Waals surface area contributed by atoms with Crippen molar-refractivity contribution in [2.45, 2.75) is 70.1 Å². The van der Waals surface area contributed by atoms with Crippen LogP contribution in [-0.4, -0.2) is 20.6 Å². The van der Waals surface area contributed by atoms with Gasteiger partial charge in [-0.3, -0.25) is 4.79 Å². The maximum Gasteiger partial charge on any atom is 0.312 e. The molecule has 0 aromatic carbocycles. The number of nitrogens with zero attached hydrogens (tertiary/aromatic N) is 2. The molecule has 1 atom stereocenters. The quantitative estimate of drug-likeness (QED) is 0.924. The predicted molar refractivity (Wildman–Crippen MR) is 81.4 cm³/mol. The molecule has 1 fully saturated rings. The smallest absolute Gasteiger partial charge is 0.312 e. The maximum absolute atomic E-state index is 11.4. The van der Waals surface area contributed by atoms with E-state index in [1.165, 1.54) is 38.5 Å². The standard InChI is InChI=1S/C17H26N2O2/c1-19-14-9-5-8-13(17(20)21)16(14)18-15(19)11-10-12-6-3-2-4-7-12/h12-13H,2-11H2,1H3,(H,20,21). The van der Waals surface area contributed by atoms with Gasteiger partial charge in [0.2, 0.25) is 0 Å². The van der Waals surface area contributed by atoms with Crippen molar-refractivity contribution < 1.29 is 9.90 Å². The lowest BCUT2D eigenvalue weighted by molar-refractivity contribution is -0.139. The molecule has 2 aliphatic carbocycles. The number of imidazole rings is 1. The third kappa shape index (κ3) is 2.99. The van der Waals surface area contributed by atoms with Gasteiger partial charge in [-0.25, -0.2) is 4.98 Å². The normalized spacial score (nSPS) is 23.0. The van der Waals surface area contributed by atoms with Crippen molar-refractivity contribution in [2.75, 3.05) is 0 Å². The van der Waals surface area contributed by atoms with E-state index in [9.17, 15) is 9.90 Å². The summed E-state index contributed by atoms with van der Waals surface area (Å²) in [5, 5.41) is 9.37. The van der Waals surface area contributed by atoms with Crippen LogP contribution in [0.15, 0.2) is 0 Å². The first-order valence-electron chi connectivity index (χ1n) is 8.44. The van der Waals surface area contributed by atoms with Gasteiger partial charge in [0.05, 0.1) is 5.69 Å². The summed E-state index contributed by atoms with van der Waals surface area (Å²) < 4.78 is 2.17. The minimum absolute atomic E-state index is 0.386. The number of hydrogen-bond acceptors (Lipinski definition) is 2. The van der Waals surface area contributed by atoms with Crippen molar-refractivity contribution in [1.29, 1.82) is 0 Å². The SMILES string of the molecule is Cn1c(CCC2CCCCC2)nc2c1CCCC2C(=O)O. The van der Waals surface area contributed by atoms with E-state index in [1.54, 1.807) is 0 Å². The Hall–Kier alpha value is -1.32. The number of rotatable bonds is 4. The van der Waals surface area contributed by atoms with Gasteiger partial charge in [-0.05, 0) is 31.6 Å². The van der Waals surface area contributed by atoms with Gasteiger partial charge in [0.25, 0.3) is 0 Å². The monoisotopic (exact) mass is 290 g/mol. The van der Waals surface area contributed by atoms with Gasteiger partial charge in [-0.15, -0.1) is 0 Å². The van der Waals surface area contributed by atoms with Crippen LogP contribution in [0.1, 0.15) is 74.5 Å². The molecular weight excluding hydrogens is 264 g/mol. The van der Waals surface area contributed by atoms with Crippen molar-refractivity contribution in [2.24, 2.45) is 13.0 Å². The number of aryl methyl sites for hydroxylation is 1. The van der Waals surface area contributed by atoms with E-state index in [2.05, 4.69) is 11.6 Å². The summed E-state index contributed by atoms with van der Waals surface area (Å²) in [6.45, 7) is 0. The second kappa shape index (κ2) is 6.20. The maximum atomic E-state index is 11.4. The zero-order chi connectivity index (χ0) is 14.8. The lowest BCUT2D eigenvalue weighted by Gasteiger charge is -2.21. The number of carboxylic acids is 1. The third-order valence-electron chi connectivity index (χ3n) is 5.37. The Bertz CT molecular complexity index is 515. The molecule has 1 heterocycles. The molecule has 0 aliphatic heterocycles. The molecule has 1 N–H and O–H groups in total. The van der Waals surface area contributed by atoms with Crippen molar-refractivity contribution in [1.82, 2.24) is 9.55 Å². The summed E-state index contributed by atoms with van der Waals surface area (Å²) in [5.41, 5.74) is 2.00. The number of fused-ring (bicyclic) bond motifs is 1. The fourth-order valence-corrected chi connectivity index (χ4v) is 4.06. The minimum Gasteiger partial charge on any atom is -0.481 e. The van der Waals surface area contributed by atoms with Crippen LogP contribution in [0.3, 0.4) is 0 Å². The summed E-state index contributed by atoms with van der Waals surface area (Å²) in [4.78, 5) is 16.1. The molecule has 4 heteroatoms. The summed E-state index contributed by atoms with van der Waals surface area (Å²) in [6.07, 6.45) is 11.8. The van der Waals surface area contributed by atoms with Crippen LogP contribution in [0.2, 0.25) is 0 Å². The minimum atomic E-state index is -0.715. The second-order valence-corrected chi connectivity index (χ2v) is 6.74. The molecule has 116 valence electrons. The van der Waals surface area contributed by atoms with E-state index in [0.717, 1.165) is 48.8 Å². The first-order valence-corrected chi connectivity index (χ1v) is 8.44. The van der Waals surface area contributed by atoms with Crippen LogP contribution in [-0.2, 0) is 24.7 Å². The van der Waals surface area contributed by atoms with Gasteiger partial charge < -0.3 is 9.67 Å². The molecule has 3 rings (SSSR count).